The summed E-state index contributed by atoms with van der Waals surface area (Å²) < 4.78 is 8.22. The maximum atomic E-state index is 6.19. The zero-order chi connectivity index (χ0) is 16.5. The Morgan fingerprint density at radius 2 is 2.08 bits per heavy atom. The fourth-order valence-electron chi connectivity index (χ4n) is 2.72. The van der Waals surface area contributed by atoms with E-state index in [0.29, 0.717) is 16.7 Å². The first-order valence-electron chi connectivity index (χ1n) is 7.77. The van der Waals surface area contributed by atoms with Gasteiger partial charge in [0, 0.05) is 24.5 Å². The third-order valence-corrected chi connectivity index (χ3v) is 4.58. The summed E-state index contributed by atoms with van der Waals surface area (Å²) in [4.78, 5) is 4.57. The van der Waals surface area contributed by atoms with Gasteiger partial charge in [-0.1, -0.05) is 36.9 Å². The van der Waals surface area contributed by atoms with Crippen LogP contribution < -0.4 is 10.1 Å². The third-order valence-electron chi connectivity index (χ3n) is 3.86. The first-order chi connectivity index (χ1) is 11.8. The molecule has 1 atom stereocenters. The summed E-state index contributed by atoms with van der Waals surface area (Å²) in [6, 6.07) is 12.0. The van der Waals surface area contributed by atoms with Crippen LogP contribution in [0.1, 0.15) is 18.8 Å². The topological polar surface area (TPSA) is 64.9 Å². The van der Waals surface area contributed by atoms with E-state index in [2.05, 4.69) is 27.4 Å². The number of rotatable bonds is 3. The molecule has 1 N–H and O–H groups in total. The van der Waals surface area contributed by atoms with Crippen LogP contribution in [0.5, 0.6) is 5.88 Å². The minimum atomic E-state index is -0.344. The number of thioether (sulfide) groups is 1. The second-order valence-electron chi connectivity index (χ2n) is 5.41. The molecule has 3 heterocycles. The summed E-state index contributed by atoms with van der Waals surface area (Å²) in [5, 5.41) is 12.7. The van der Waals surface area contributed by atoms with E-state index in [9.17, 15) is 0 Å². The van der Waals surface area contributed by atoms with Gasteiger partial charge in [-0.15, -0.1) is 10.2 Å². The number of anilines is 1. The number of benzene rings is 1. The predicted molar refractivity (Wildman–Crippen MR) is 94.1 cm³/mol. The largest absolute Gasteiger partial charge is 0.446 e. The minimum Gasteiger partial charge on any atom is -0.446 e. The van der Waals surface area contributed by atoms with Crippen molar-refractivity contribution in [2.45, 2.75) is 18.3 Å². The van der Waals surface area contributed by atoms with E-state index in [1.165, 1.54) is 0 Å². The summed E-state index contributed by atoms with van der Waals surface area (Å²) in [5.74, 6) is 1.39. The smallest absolute Gasteiger partial charge is 0.247 e. The van der Waals surface area contributed by atoms with Crippen LogP contribution in [0.25, 0.3) is 11.3 Å². The highest BCUT2D eigenvalue weighted by molar-refractivity contribution is 7.99. The summed E-state index contributed by atoms with van der Waals surface area (Å²) in [5.41, 5.74) is 3.57. The molecule has 122 valence electrons. The van der Waals surface area contributed by atoms with Crippen molar-refractivity contribution >= 4 is 17.4 Å². The van der Waals surface area contributed by atoms with Crippen molar-refractivity contribution < 1.29 is 4.74 Å². The highest BCUT2D eigenvalue weighted by atomic mass is 32.2. The van der Waals surface area contributed by atoms with E-state index in [0.717, 1.165) is 22.7 Å². The maximum Gasteiger partial charge on any atom is 0.247 e. The fraction of sp³-hybridized carbons (Fsp3) is 0.235. The number of nitrogens with one attached hydrogen (secondary N) is 1. The van der Waals surface area contributed by atoms with Crippen LogP contribution >= 0.6 is 11.8 Å². The molecule has 0 saturated carbocycles. The molecule has 0 bridgehead atoms. The number of aryl methyl sites for hydroxylation is 1. The van der Waals surface area contributed by atoms with E-state index < -0.39 is 0 Å². The molecule has 0 saturated heterocycles. The number of fused-ring (bicyclic) bond motifs is 3. The highest BCUT2D eigenvalue weighted by Gasteiger charge is 2.26. The molecule has 0 fully saturated rings. The van der Waals surface area contributed by atoms with Crippen molar-refractivity contribution in [3.8, 4) is 17.1 Å². The molecule has 1 aromatic carbocycles. The van der Waals surface area contributed by atoms with Gasteiger partial charge in [-0.25, -0.2) is 0 Å². The van der Waals surface area contributed by atoms with Crippen LogP contribution in [-0.4, -0.2) is 25.5 Å². The molecule has 1 aliphatic rings. The highest BCUT2D eigenvalue weighted by Crippen LogP contribution is 2.39. The van der Waals surface area contributed by atoms with Gasteiger partial charge in [0.25, 0.3) is 0 Å². The Balaban J connectivity index is 1.85. The zero-order valence-corrected chi connectivity index (χ0v) is 14.2. The third kappa shape index (κ3) is 2.60. The molecule has 1 aliphatic heterocycles. The van der Waals surface area contributed by atoms with Gasteiger partial charge in [0.2, 0.25) is 17.3 Å². The maximum absolute atomic E-state index is 6.19. The van der Waals surface area contributed by atoms with E-state index in [1.54, 1.807) is 11.8 Å². The molecule has 2 aromatic heterocycles. The Bertz CT molecular complexity index is 879. The van der Waals surface area contributed by atoms with Crippen molar-refractivity contribution in [1.82, 2.24) is 19.7 Å². The molecule has 0 unspecified atom stereocenters. The van der Waals surface area contributed by atoms with Gasteiger partial charge in [-0.05, 0) is 24.0 Å². The Kier molecular flexibility index (Phi) is 3.86. The van der Waals surface area contributed by atoms with Crippen molar-refractivity contribution in [2.24, 2.45) is 7.05 Å². The molecule has 6 nitrogen and oxygen atoms in total. The van der Waals surface area contributed by atoms with E-state index in [1.807, 2.05) is 54.2 Å². The van der Waals surface area contributed by atoms with E-state index >= 15 is 0 Å². The van der Waals surface area contributed by atoms with Crippen molar-refractivity contribution in [2.75, 3.05) is 11.1 Å². The van der Waals surface area contributed by atoms with Crippen molar-refractivity contribution in [3.63, 3.8) is 0 Å². The average molecular weight is 339 g/mol. The Morgan fingerprint density at radius 1 is 1.21 bits per heavy atom. The molecule has 7 heteroatoms. The van der Waals surface area contributed by atoms with E-state index in [4.69, 9.17) is 4.74 Å². The zero-order valence-electron chi connectivity index (χ0n) is 13.4. The quantitative estimate of drug-likeness (QED) is 0.737. The van der Waals surface area contributed by atoms with Crippen LogP contribution in [-0.2, 0) is 7.05 Å². The fourth-order valence-corrected chi connectivity index (χ4v) is 3.22. The molecule has 24 heavy (non-hydrogen) atoms. The number of nitrogens with zero attached hydrogens (tertiary/aromatic N) is 4. The Morgan fingerprint density at radius 3 is 2.88 bits per heavy atom. The number of para-hydroxylation sites is 1. The monoisotopic (exact) mass is 339 g/mol. The Hall–Kier alpha value is -2.54. The van der Waals surface area contributed by atoms with Gasteiger partial charge in [-0.2, -0.15) is 4.98 Å². The van der Waals surface area contributed by atoms with Crippen LogP contribution in [0.15, 0.2) is 47.8 Å². The summed E-state index contributed by atoms with van der Waals surface area (Å²) in [6.45, 7) is 2.06. The van der Waals surface area contributed by atoms with Crippen molar-refractivity contribution in [1.29, 1.82) is 0 Å². The lowest BCUT2D eigenvalue weighted by atomic mass is 10.1. The van der Waals surface area contributed by atoms with Gasteiger partial charge in [0.05, 0.1) is 5.69 Å². The van der Waals surface area contributed by atoms with Gasteiger partial charge in [0.1, 0.15) is 0 Å². The standard InChI is InChI=1S/C17H17N5OS/c1-3-24-17-19-16-14(20-21-17)11-7-4-5-8-12(11)18-15(23-16)13-9-6-10-22(13)2/h4-10,15,18H,3H2,1-2H3/t15-/m0/s1. The lowest BCUT2D eigenvalue weighted by molar-refractivity contribution is 0.217. The predicted octanol–water partition coefficient (Wildman–Crippen LogP) is 3.49. The molecule has 4 rings (SSSR count). The summed E-state index contributed by atoms with van der Waals surface area (Å²) >= 11 is 1.55. The number of ether oxygens (including phenoxy) is 1. The van der Waals surface area contributed by atoms with Crippen LogP contribution in [0.2, 0.25) is 0 Å². The number of aromatic nitrogens is 4. The molecular weight excluding hydrogens is 322 g/mol. The average Bonchev–Trinajstić information content (AvgIpc) is 2.94. The van der Waals surface area contributed by atoms with Gasteiger partial charge in [0.15, 0.2) is 5.69 Å². The molecular formula is C17H17N5OS. The van der Waals surface area contributed by atoms with Gasteiger partial charge in [-0.3, -0.25) is 0 Å². The lowest BCUT2D eigenvalue weighted by Gasteiger charge is -2.19. The SMILES string of the molecule is CCSc1nnc2c(n1)O[C@@H](c1cccn1C)Nc1ccccc1-2. The van der Waals surface area contributed by atoms with Crippen molar-refractivity contribution in [3.05, 3.63) is 48.3 Å². The van der Waals surface area contributed by atoms with Crippen LogP contribution in [0, 0.1) is 0 Å². The molecule has 0 spiro atoms. The molecule has 3 aromatic rings. The second kappa shape index (κ2) is 6.16. The molecule has 0 aliphatic carbocycles. The van der Waals surface area contributed by atoms with Crippen LogP contribution in [0.3, 0.4) is 0 Å². The van der Waals surface area contributed by atoms with Gasteiger partial charge >= 0.3 is 0 Å². The molecule has 0 amide bonds. The number of hydrogen-bond acceptors (Lipinski definition) is 6. The van der Waals surface area contributed by atoms with E-state index in [-0.39, 0.29) is 6.23 Å². The normalized spacial score (nSPS) is 15.7. The minimum absolute atomic E-state index is 0.344. The van der Waals surface area contributed by atoms with Gasteiger partial charge < -0.3 is 14.6 Å². The second-order valence-corrected chi connectivity index (χ2v) is 6.64. The first-order valence-corrected chi connectivity index (χ1v) is 8.76. The number of hydrogen-bond donors (Lipinski definition) is 1. The summed E-state index contributed by atoms with van der Waals surface area (Å²) in [7, 11) is 1.99. The summed E-state index contributed by atoms with van der Waals surface area (Å²) in [6.07, 6.45) is 1.65. The molecule has 0 radical (unpaired) electrons. The first kappa shape index (κ1) is 15.0. The van der Waals surface area contributed by atoms with Crippen LogP contribution in [0.4, 0.5) is 5.69 Å². The lowest BCUT2D eigenvalue weighted by Crippen LogP contribution is -2.19. The Labute approximate surface area is 144 Å².